The molecule has 39 heavy (non-hydrogen) atoms. The third-order valence-electron chi connectivity index (χ3n) is 12.4. The topological polar surface area (TPSA) is 143 Å². The highest BCUT2D eigenvalue weighted by atomic mass is 16.7. The molecule has 214 valence electrons. The van der Waals surface area contributed by atoms with E-state index in [2.05, 4.69) is 0 Å². The van der Waals surface area contributed by atoms with E-state index in [1.807, 2.05) is 20.8 Å². The maximum Gasteiger partial charge on any atom is 0.334 e. The van der Waals surface area contributed by atoms with E-state index < -0.39 is 69.4 Å². The second kappa shape index (κ2) is 7.81. The first-order chi connectivity index (χ1) is 18.0. The summed E-state index contributed by atoms with van der Waals surface area (Å²) in [4.78, 5) is 38.0. The van der Waals surface area contributed by atoms with Crippen molar-refractivity contribution in [2.24, 2.45) is 22.7 Å². The van der Waals surface area contributed by atoms with Crippen LogP contribution in [0.4, 0.5) is 0 Å². The summed E-state index contributed by atoms with van der Waals surface area (Å²) in [6.07, 6.45) is 2.97. The van der Waals surface area contributed by atoms with E-state index in [-0.39, 0.29) is 24.5 Å². The molecule has 2 aliphatic heterocycles. The molecular weight excluding hydrogens is 504 g/mol. The number of allylic oxidation sites excluding steroid dienone is 1. The number of rotatable bonds is 3. The van der Waals surface area contributed by atoms with Crippen molar-refractivity contribution in [1.29, 1.82) is 0 Å². The number of epoxide rings is 1. The van der Waals surface area contributed by atoms with Gasteiger partial charge in [0.05, 0.1) is 17.1 Å². The molecule has 0 unspecified atom stereocenters. The fourth-order valence-corrected chi connectivity index (χ4v) is 9.70. The molecule has 1 saturated heterocycles. The van der Waals surface area contributed by atoms with Gasteiger partial charge < -0.3 is 29.5 Å². The molecule has 6 rings (SSSR count). The molecule has 9 nitrogen and oxygen atoms in total. The monoisotopic (exact) mass is 544 g/mol. The van der Waals surface area contributed by atoms with Gasteiger partial charge in [0.1, 0.15) is 22.9 Å². The van der Waals surface area contributed by atoms with Gasteiger partial charge in [0, 0.05) is 24.3 Å². The summed E-state index contributed by atoms with van der Waals surface area (Å²) in [7, 11) is 0. The molecule has 4 fully saturated rings. The Bertz CT molecular complexity index is 1230. The van der Waals surface area contributed by atoms with Crippen LogP contribution in [0.5, 0.6) is 0 Å². The minimum atomic E-state index is -1.83. The van der Waals surface area contributed by atoms with Crippen molar-refractivity contribution in [3.63, 3.8) is 0 Å². The zero-order valence-electron chi connectivity index (χ0n) is 23.6. The van der Waals surface area contributed by atoms with Crippen molar-refractivity contribution in [2.45, 2.75) is 121 Å². The molecule has 0 aromatic rings. The Morgan fingerprint density at radius 1 is 1.13 bits per heavy atom. The molecule has 3 saturated carbocycles. The zero-order chi connectivity index (χ0) is 28.6. The molecule has 11 atom stereocenters. The Labute approximate surface area is 228 Å². The average Bonchev–Trinajstić information content (AvgIpc) is 3.55. The number of esters is 2. The fraction of sp³-hybridized carbons (Fsp3) is 0.767. The lowest BCUT2D eigenvalue weighted by molar-refractivity contribution is -0.283. The highest BCUT2D eigenvalue weighted by Gasteiger charge is 2.84. The van der Waals surface area contributed by atoms with Crippen LogP contribution in [0.1, 0.15) is 80.1 Å². The van der Waals surface area contributed by atoms with Gasteiger partial charge in [0.2, 0.25) is 0 Å². The Balaban J connectivity index is 1.37. The van der Waals surface area contributed by atoms with Crippen molar-refractivity contribution in [3.05, 3.63) is 23.3 Å². The van der Waals surface area contributed by atoms with Crippen LogP contribution in [0.3, 0.4) is 0 Å². The maximum atomic E-state index is 13.6. The second-order valence-corrected chi connectivity index (χ2v) is 13.6. The van der Waals surface area contributed by atoms with Gasteiger partial charge in [-0.05, 0) is 83.8 Å². The number of ketones is 1. The van der Waals surface area contributed by atoms with E-state index >= 15 is 0 Å². The van der Waals surface area contributed by atoms with Crippen molar-refractivity contribution in [3.8, 4) is 0 Å². The first-order valence-electron chi connectivity index (χ1n) is 14.1. The Hall–Kier alpha value is -2.07. The predicted octanol–water partition coefficient (Wildman–Crippen LogP) is 2.30. The van der Waals surface area contributed by atoms with Crippen LogP contribution in [0.25, 0.3) is 0 Å². The van der Waals surface area contributed by atoms with Crippen LogP contribution in [0, 0.1) is 22.7 Å². The molecule has 9 heteroatoms. The van der Waals surface area contributed by atoms with E-state index in [0.717, 1.165) is 5.57 Å². The van der Waals surface area contributed by atoms with Gasteiger partial charge >= 0.3 is 11.9 Å². The lowest BCUT2D eigenvalue weighted by Crippen LogP contribution is -2.73. The van der Waals surface area contributed by atoms with Crippen LogP contribution in [-0.2, 0) is 28.6 Å². The smallest absolute Gasteiger partial charge is 0.334 e. The SMILES string of the molecule is CC(=O)O[C@H]1C=CC(=O)[C@]2(C)[C@H]3CC[C@]4(C)[C@](O)([C@@](C)(O)[C@H]5CC(C)=C(C)C(=O)O5)CC[C@@]4(O)[C@@H]3C[C@H]3O[C@]132. The highest BCUT2D eigenvalue weighted by Crippen LogP contribution is 2.75. The first kappa shape index (κ1) is 27.1. The van der Waals surface area contributed by atoms with Crippen LogP contribution in [0.2, 0.25) is 0 Å². The third kappa shape index (κ3) is 2.92. The molecule has 0 aromatic carbocycles. The third-order valence-corrected chi connectivity index (χ3v) is 12.4. The van der Waals surface area contributed by atoms with Crippen molar-refractivity contribution in [2.75, 3.05) is 0 Å². The number of ether oxygens (including phenoxy) is 3. The Kier molecular flexibility index (Phi) is 5.43. The van der Waals surface area contributed by atoms with Gasteiger partial charge in [-0.3, -0.25) is 9.59 Å². The largest absolute Gasteiger partial charge is 0.455 e. The summed E-state index contributed by atoms with van der Waals surface area (Å²) < 4.78 is 17.5. The lowest BCUT2D eigenvalue weighted by atomic mass is 9.42. The molecule has 0 amide bonds. The molecule has 0 bridgehead atoms. The standard InChI is InChI=1S/C30H40O9/c1-15-13-22(38-24(33)16(15)2)27(6,34)29(36)12-11-28(35)19-14-23-30(39-23)21(37-17(3)31)8-7-20(32)26(30,5)18(19)9-10-25(28,29)4/h7-8,18-19,21-23,34-36H,9-14H2,1-6H3/t18-,19+,21-,22+,23+,25-,26-,27-,28+,29-,30+/m0/s1. The second-order valence-electron chi connectivity index (χ2n) is 13.6. The minimum Gasteiger partial charge on any atom is -0.455 e. The number of hydrogen-bond acceptors (Lipinski definition) is 9. The van der Waals surface area contributed by atoms with Gasteiger partial charge in [0.25, 0.3) is 0 Å². The number of carbonyl (C=O) groups is 3. The van der Waals surface area contributed by atoms with Gasteiger partial charge in [-0.25, -0.2) is 4.79 Å². The van der Waals surface area contributed by atoms with Crippen LogP contribution >= 0.6 is 0 Å². The molecular formula is C30H40O9. The number of carbonyl (C=O) groups excluding carboxylic acids is 3. The molecule has 0 radical (unpaired) electrons. The van der Waals surface area contributed by atoms with E-state index in [4.69, 9.17) is 14.2 Å². The summed E-state index contributed by atoms with van der Waals surface area (Å²) >= 11 is 0. The van der Waals surface area contributed by atoms with Crippen molar-refractivity contribution < 1.29 is 43.9 Å². The lowest BCUT2D eigenvalue weighted by Gasteiger charge is -2.63. The number of aliphatic hydroxyl groups is 3. The molecule has 6 aliphatic rings. The molecule has 3 N–H and O–H groups in total. The number of fused-ring (bicyclic) bond motifs is 4. The zero-order valence-corrected chi connectivity index (χ0v) is 23.6. The summed E-state index contributed by atoms with van der Waals surface area (Å²) in [6.45, 7) is 10.1. The fourth-order valence-electron chi connectivity index (χ4n) is 9.70. The average molecular weight is 545 g/mol. The highest BCUT2D eigenvalue weighted by molar-refractivity contribution is 5.98. The Morgan fingerprint density at radius 3 is 2.46 bits per heavy atom. The van der Waals surface area contributed by atoms with Crippen molar-refractivity contribution in [1.82, 2.24) is 0 Å². The predicted molar refractivity (Wildman–Crippen MR) is 137 cm³/mol. The minimum absolute atomic E-state index is 0.109. The summed E-state index contributed by atoms with van der Waals surface area (Å²) in [6, 6.07) is 0. The van der Waals surface area contributed by atoms with Gasteiger partial charge in [0.15, 0.2) is 11.9 Å². The van der Waals surface area contributed by atoms with Crippen LogP contribution in [-0.4, -0.2) is 73.8 Å². The van der Waals surface area contributed by atoms with Gasteiger partial charge in [-0.1, -0.05) is 12.5 Å². The maximum absolute atomic E-state index is 13.6. The first-order valence-corrected chi connectivity index (χ1v) is 14.1. The van der Waals surface area contributed by atoms with E-state index in [0.29, 0.717) is 31.3 Å². The van der Waals surface area contributed by atoms with Gasteiger partial charge in [-0.2, -0.15) is 0 Å². The molecule has 4 aliphatic carbocycles. The van der Waals surface area contributed by atoms with Gasteiger partial charge in [-0.15, -0.1) is 0 Å². The molecule has 2 heterocycles. The van der Waals surface area contributed by atoms with Crippen LogP contribution < -0.4 is 0 Å². The summed E-state index contributed by atoms with van der Waals surface area (Å²) in [5.41, 5.74) is -6.82. The summed E-state index contributed by atoms with van der Waals surface area (Å²) in [5, 5.41) is 37.0. The summed E-state index contributed by atoms with van der Waals surface area (Å²) in [5.74, 6) is -1.74. The van der Waals surface area contributed by atoms with E-state index in [1.54, 1.807) is 13.0 Å². The van der Waals surface area contributed by atoms with E-state index in [9.17, 15) is 29.7 Å². The number of cyclic esters (lactones) is 1. The Morgan fingerprint density at radius 2 is 1.82 bits per heavy atom. The quantitative estimate of drug-likeness (QED) is 0.360. The van der Waals surface area contributed by atoms with Crippen LogP contribution in [0.15, 0.2) is 23.3 Å². The molecule has 0 aromatic heterocycles. The van der Waals surface area contributed by atoms with E-state index in [1.165, 1.54) is 19.9 Å². The van der Waals surface area contributed by atoms with Crippen molar-refractivity contribution >= 4 is 17.7 Å². The number of hydrogen-bond donors (Lipinski definition) is 3. The normalized spacial score (nSPS) is 51.7. The molecule has 1 spiro atoms.